The fraction of sp³-hybridized carbons (Fsp3) is 0.355. The molecule has 0 spiro atoms. The second kappa shape index (κ2) is 13.3. The van der Waals surface area contributed by atoms with E-state index in [2.05, 4.69) is 22.0 Å². The molecule has 11 heteroatoms. The standard InChI is InChI=1S/C31H34ClFN4O4S/c32-24-9-11-25(12-10-24)42(40,41)37-17-16-35-31(39)29(37)19-30(38)36-28-7-3-5-23-18-21(8-13-26(23)28)20-34-15-14-22-4-1-2-6-27(22)33/h1-2,4,6,8-13,18,28-29,34H,3,5,7,14-17,19-20H2,(H,35,39)(H,36,38)/t28-,29-/m1/s1. The third-order valence-corrected chi connectivity index (χ3v) is 9.97. The molecular formula is C31H34ClFN4O4S. The summed E-state index contributed by atoms with van der Waals surface area (Å²) >= 11 is 5.92. The molecule has 2 aliphatic rings. The van der Waals surface area contributed by atoms with Crippen molar-refractivity contribution in [2.45, 2.75) is 55.6 Å². The van der Waals surface area contributed by atoms with Gasteiger partial charge in [0.2, 0.25) is 21.8 Å². The van der Waals surface area contributed by atoms with Crippen molar-refractivity contribution in [2.24, 2.45) is 0 Å². The molecule has 222 valence electrons. The van der Waals surface area contributed by atoms with E-state index in [-0.39, 0.29) is 42.2 Å². The molecule has 0 saturated carbocycles. The number of fused-ring (bicyclic) bond motifs is 1. The molecule has 2 amide bonds. The minimum atomic E-state index is -4.01. The topological polar surface area (TPSA) is 108 Å². The predicted octanol–water partition coefficient (Wildman–Crippen LogP) is 3.88. The normalized spacial score (nSPS) is 19.1. The summed E-state index contributed by atoms with van der Waals surface area (Å²) in [5.41, 5.74) is 3.98. The zero-order chi connectivity index (χ0) is 29.7. The molecule has 0 bridgehead atoms. The lowest BCUT2D eigenvalue weighted by Gasteiger charge is -2.34. The Hall–Kier alpha value is -3.31. The first-order valence-electron chi connectivity index (χ1n) is 14.1. The zero-order valence-electron chi connectivity index (χ0n) is 23.1. The number of carbonyl (C=O) groups is 2. The maximum absolute atomic E-state index is 13.8. The van der Waals surface area contributed by atoms with Crippen LogP contribution in [0.15, 0.2) is 71.6 Å². The summed E-state index contributed by atoms with van der Waals surface area (Å²) in [6.07, 6.45) is 2.85. The molecule has 2 atom stereocenters. The van der Waals surface area contributed by atoms with E-state index in [4.69, 9.17) is 11.6 Å². The minimum Gasteiger partial charge on any atom is -0.353 e. The van der Waals surface area contributed by atoms with Crippen molar-refractivity contribution >= 4 is 33.4 Å². The van der Waals surface area contributed by atoms with Gasteiger partial charge in [-0.3, -0.25) is 9.59 Å². The fourth-order valence-electron chi connectivity index (χ4n) is 5.63. The number of halogens is 2. The van der Waals surface area contributed by atoms with Crippen LogP contribution in [-0.2, 0) is 39.0 Å². The molecule has 1 aliphatic carbocycles. The van der Waals surface area contributed by atoms with Gasteiger partial charge in [0.15, 0.2) is 0 Å². The summed E-state index contributed by atoms with van der Waals surface area (Å²) in [5.74, 6) is -1.07. The van der Waals surface area contributed by atoms with E-state index in [0.717, 1.165) is 40.3 Å². The third kappa shape index (κ3) is 7.00. The maximum atomic E-state index is 13.8. The number of hydrogen-bond donors (Lipinski definition) is 3. The van der Waals surface area contributed by atoms with E-state index in [1.54, 1.807) is 12.1 Å². The van der Waals surface area contributed by atoms with Crippen molar-refractivity contribution < 1.29 is 22.4 Å². The van der Waals surface area contributed by atoms with Gasteiger partial charge in [-0.15, -0.1) is 0 Å². The van der Waals surface area contributed by atoms with Crippen molar-refractivity contribution in [3.8, 4) is 0 Å². The molecule has 1 fully saturated rings. The van der Waals surface area contributed by atoms with Gasteiger partial charge >= 0.3 is 0 Å². The van der Waals surface area contributed by atoms with E-state index >= 15 is 0 Å². The minimum absolute atomic E-state index is 0.0192. The van der Waals surface area contributed by atoms with Gasteiger partial charge < -0.3 is 16.0 Å². The Morgan fingerprint density at radius 1 is 1.10 bits per heavy atom. The lowest BCUT2D eigenvalue weighted by Crippen LogP contribution is -2.58. The Labute approximate surface area is 250 Å². The molecule has 0 radical (unpaired) electrons. The summed E-state index contributed by atoms with van der Waals surface area (Å²) in [6.45, 7) is 1.53. The molecule has 1 aliphatic heterocycles. The monoisotopic (exact) mass is 612 g/mol. The molecule has 42 heavy (non-hydrogen) atoms. The fourth-order valence-corrected chi connectivity index (χ4v) is 7.34. The molecular weight excluding hydrogens is 579 g/mol. The van der Waals surface area contributed by atoms with Gasteiger partial charge in [-0.2, -0.15) is 4.31 Å². The Morgan fingerprint density at radius 3 is 2.67 bits per heavy atom. The number of nitrogens with one attached hydrogen (secondary N) is 3. The number of carbonyl (C=O) groups excluding carboxylic acids is 2. The largest absolute Gasteiger partial charge is 0.353 e. The van der Waals surface area contributed by atoms with E-state index in [1.165, 1.54) is 30.3 Å². The average molecular weight is 613 g/mol. The van der Waals surface area contributed by atoms with Gasteiger partial charge in [-0.1, -0.05) is 48.0 Å². The van der Waals surface area contributed by atoms with Crippen molar-refractivity contribution in [3.63, 3.8) is 0 Å². The van der Waals surface area contributed by atoms with E-state index < -0.39 is 22.0 Å². The van der Waals surface area contributed by atoms with Crippen LogP contribution in [0.3, 0.4) is 0 Å². The molecule has 0 unspecified atom stereocenters. The average Bonchev–Trinajstić information content (AvgIpc) is 2.97. The number of hydrogen-bond acceptors (Lipinski definition) is 5. The molecule has 1 heterocycles. The highest BCUT2D eigenvalue weighted by Gasteiger charge is 2.40. The lowest BCUT2D eigenvalue weighted by molar-refractivity contribution is -0.132. The molecule has 8 nitrogen and oxygen atoms in total. The molecule has 5 rings (SSSR count). The SMILES string of the molecule is O=C(C[C@@H]1C(=O)NCCN1S(=O)(=O)c1ccc(Cl)cc1)N[C@@H]1CCCc2cc(CNCCc3ccccc3F)ccc21. The van der Waals surface area contributed by atoms with Gasteiger partial charge in [0.05, 0.1) is 17.4 Å². The first-order valence-corrected chi connectivity index (χ1v) is 15.9. The molecule has 3 N–H and O–H groups in total. The van der Waals surface area contributed by atoms with Crippen LogP contribution in [0.2, 0.25) is 5.02 Å². The van der Waals surface area contributed by atoms with Crippen LogP contribution in [-0.4, -0.2) is 50.2 Å². The van der Waals surface area contributed by atoms with Gasteiger partial charge in [-0.05, 0) is 84.8 Å². The smallest absolute Gasteiger partial charge is 0.243 e. The van der Waals surface area contributed by atoms with Crippen LogP contribution in [0.25, 0.3) is 0 Å². The van der Waals surface area contributed by atoms with Crippen molar-refractivity contribution in [2.75, 3.05) is 19.6 Å². The van der Waals surface area contributed by atoms with Crippen LogP contribution in [0.4, 0.5) is 4.39 Å². The summed E-state index contributed by atoms with van der Waals surface area (Å²) in [7, 11) is -4.01. The summed E-state index contributed by atoms with van der Waals surface area (Å²) in [6, 6.07) is 17.3. The van der Waals surface area contributed by atoms with Crippen molar-refractivity contribution in [3.05, 3.63) is 99.8 Å². The van der Waals surface area contributed by atoms with E-state index in [9.17, 15) is 22.4 Å². The third-order valence-electron chi connectivity index (χ3n) is 7.80. The van der Waals surface area contributed by atoms with Crippen molar-refractivity contribution in [1.29, 1.82) is 0 Å². The molecule has 1 saturated heterocycles. The first-order chi connectivity index (χ1) is 20.2. The van der Waals surface area contributed by atoms with Crippen LogP contribution in [0.5, 0.6) is 0 Å². The Balaban J connectivity index is 1.21. The van der Waals surface area contributed by atoms with Crippen LogP contribution >= 0.6 is 11.6 Å². The maximum Gasteiger partial charge on any atom is 0.243 e. The highest BCUT2D eigenvalue weighted by atomic mass is 35.5. The van der Waals surface area contributed by atoms with E-state index in [1.807, 2.05) is 18.2 Å². The zero-order valence-corrected chi connectivity index (χ0v) is 24.7. The second-order valence-corrected chi connectivity index (χ2v) is 13.0. The number of benzene rings is 3. The predicted molar refractivity (Wildman–Crippen MR) is 159 cm³/mol. The molecule has 0 aromatic heterocycles. The summed E-state index contributed by atoms with van der Waals surface area (Å²) < 4.78 is 41.7. The van der Waals surface area contributed by atoms with Gasteiger partial charge in [0.25, 0.3) is 0 Å². The number of rotatable bonds is 10. The van der Waals surface area contributed by atoms with E-state index in [0.29, 0.717) is 30.1 Å². The number of amides is 2. The van der Waals surface area contributed by atoms with Gasteiger partial charge in [0, 0.05) is 24.7 Å². The van der Waals surface area contributed by atoms with Crippen LogP contribution in [0, 0.1) is 5.82 Å². The van der Waals surface area contributed by atoms with Gasteiger partial charge in [-0.25, -0.2) is 12.8 Å². The molecule has 3 aromatic carbocycles. The Bertz CT molecular complexity index is 1550. The number of piperazine rings is 1. The number of nitrogens with zero attached hydrogens (tertiary/aromatic N) is 1. The highest BCUT2D eigenvalue weighted by molar-refractivity contribution is 7.89. The first kappa shape index (κ1) is 30.2. The highest BCUT2D eigenvalue weighted by Crippen LogP contribution is 2.31. The summed E-state index contributed by atoms with van der Waals surface area (Å²) in [4.78, 5) is 26.0. The molecule has 3 aromatic rings. The number of sulfonamides is 1. The second-order valence-electron chi connectivity index (χ2n) is 10.6. The van der Waals surface area contributed by atoms with Crippen LogP contribution in [0.1, 0.15) is 47.6 Å². The van der Waals surface area contributed by atoms with Gasteiger partial charge in [0.1, 0.15) is 11.9 Å². The quantitative estimate of drug-likeness (QED) is 0.301. The Kier molecular flexibility index (Phi) is 9.57. The van der Waals surface area contributed by atoms with Crippen molar-refractivity contribution in [1.82, 2.24) is 20.3 Å². The van der Waals surface area contributed by atoms with Crippen LogP contribution < -0.4 is 16.0 Å². The number of aryl methyl sites for hydroxylation is 1. The summed E-state index contributed by atoms with van der Waals surface area (Å²) in [5, 5.41) is 9.51. The Morgan fingerprint density at radius 2 is 1.88 bits per heavy atom. The lowest BCUT2D eigenvalue weighted by atomic mass is 9.86.